The Kier molecular flexibility index (Phi) is 6.18. The maximum Gasteiger partial charge on any atom is 0.339 e. The molecule has 0 atom stereocenters. The monoisotopic (exact) mass is 416 g/mol. The maximum absolute atomic E-state index is 12.4. The molecule has 0 aliphatic rings. The van der Waals surface area contributed by atoms with Crippen molar-refractivity contribution < 1.29 is 17.3 Å². The molecule has 1 N–H and O–H groups in total. The summed E-state index contributed by atoms with van der Waals surface area (Å²) in [7, 11) is -2.58. The predicted octanol–water partition coefficient (Wildman–Crippen LogP) is 4.56. The second kappa shape index (κ2) is 8.77. The first-order chi connectivity index (χ1) is 13.5. The smallest absolute Gasteiger partial charge is 0.339 e. The summed E-state index contributed by atoms with van der Waals surface area (Å²) in [6.07, 6.45) is 1.59. The van der Waals surface area contributed by atoms with Gasteiger partial charge in [-0.3, -0.25) is 5.43 Å². The molecule has 3 aromatic carbocycles. The summed E-state index contributed by atoms with van der Waals surface area (Å²) in [5.74, 6) is 0.340. The van der Waals surface area contributed by atoms with Crippen LogP contribution in [0.3, 0.4) is 0 Å². The zero-order valence-corrected chi connectivity index (χ0v) is 16.4. The Morgan fingerprint density at radius 1 is 0.964 bits per heavy atom. The molecule has 0 aliphatic carbocycles. The normalized spacial score (nSPS) is 11.4. The van der Waals surface area contributed by atoms with Crippen molar-refractivity contribution in [3.8, 4) is 11.5 Å². The lowest BCUT2D eigenvalue weighted by atomic mass is 10.2. The summed E-state index contributed by atoms with van der Waals surface area (Å²) in [5.41, 5.74) is 4.45. The van der Waals surface area contributed by atoms with Crippen LogP contribution in [0, 0.1) is 0 Å². The number of para-hydroxylation sites is 1. The van der Waals surface area contributed by atoms with E-state index in [1.807, 2.05) is 30.3 Å². The molecule has 0 aliphatic heterocycles. The van der Waals surface area contributed by atoms with E-state index < -0.39 is 10.1 Å². The van der Waals surface area contributed by atoms with Crippen molar-refractivity contribution in [1.82, 2.24) is 0 Å². The molecule has 6 nitrogen and oxygen atoms in total. The Labute approximate surface area is 168 Å². The number of hydrazone groups is 1. The predicted molar refractivity (Wildman–Crippen MR) is 110 cm³/mol. The molecule has 28 heavy (non-hydrogen) atoms. The quantitative estimate of drug-likeness (QED) is 0.347. The molecule has 3 aromatic rings. The largest absolute Gasteiger partial charge is 0.493 e. The Morgan fingerprint density at radius 2 is 1.68 bits per heavy atom. The summed E-state index contributed by atoms with van der Waals surface area (Å²) in [6.45, 7) is 0. The van der Waals surface area contributed by atoms with Gasteiger partial charge in [-0.2, -0.15) is 13.5 Å². The molecule has 0 fully saturated rings. The fraction of sp³-hybridized carbons (Fsp3) is 0.0500. The van der Waals surface area contributed by atoms with Gasteiger partial charge in [-0.1, -0.05) is 29.8 Å². The van der Waals surface area contributed by atoms with Gasteiger partial charge in [-0.05, 0) is 60.2 Å². The van der Waals surface area contributed by atoms with E-state index in [1.54, 1.807) is 18.3 Å². The Balaban J connectivity index is 1.76. The van der Waals surface area contributed by atoms with Gasteiger partial charge >= 0.3 is 10.1 Å². The number of ether oxygens (including phenoxy) is 1. The van der Waals surface area contributed by atoms with E-state index >= 15 is 0 Å². The van der Waals surface area contributed by atoms with Crippen molar-refractivity contribution in [1.29, 1.82) is 0 Å². The van der Waals surface area contributed by atoms with E-state index in [2.05, 4.69) is 10.5 Å². The van der Waals surface area contributed by atoms with Crippen LogP contribution in [0.25, 0.3) is 0 Å². The van der Waals surface area contributed by atoms with Gasteiger partial charge in [-0.25, -0.2) is 0 Å². The van der Waals surface area contributed by atoms with Crippen molar-refractivity contribution in [3.05, 3.63) is 83.4 Å². The number of anilines is 1. The number of halogens is 1. The zero-order chi connectivity index (χ0) is 20.0. The first-order valence-corrected chi connectivity index (χ1v) is 9.99. The van der Waals surface area contributed by atoms with Gasteiger partial charge in [0.1, 0.15) is 4.90 Å². The van der Waals surface area contributed by atoms with E-state index in [0.29, 0.717) is 10.6 Å². The van der Waals surface area contributed by atoms with E-state index in [9.17, 15) is 8.42 Å². The van der Waals surface area contributed by atoms with Crippen LogP contribution in [0.5, 0.6) is 11.5 Å². The molecule has 0 saturated heterocycles. The highest BCUT2D eigenvalue weighted by atomic mass is 35.5. The van der Waals surface area contributed by atoms with Crippen LogP contribution in [0.15, 0.2) is 82.8 Å². The Morgan fingerprint density at radius 3 is 2.36 bits per heavy atom. The average Bonchev–Trinajstić information content (AvgIpc) is 2.70. The second-order valence-electron chi connectivity index (χ2n) is 5.64. The van der Waals surface area contributed by atoms with Crippen LogP contribution < -0.4 is 14.3 Å². The number of benzene rings is 3. The summed E-state index contributed by atoms with van der Waals surface area (Å²) in [4.78, 5) is -0.00310. The Bertz CT molecular complexity index is 1070. The number of nitrogens with zero attached hydrogens (tertiary/aromatic N) is 1. The Hall–Kier alpha value is -3.03. The molecule has 0 spiro atoms. The maximum atomic E-state index is 12.4. The van der Waals surface area contributed by atoms with Crippen LogP contribution in [0.1, 0.15) is 5.56 Å². The van der Waals surface area contributed by atoms with Crippen LogP contribution >= 0.6 is 11.6 Å². The molecule has 0 saturated carbocycles. The van der Waals surface area contributed by atoms with Crippen molar-refractivity contribution in [2.45, 2.75) is 4.90 Å². The average molecular weight is 417 g/mol. The topological polar surface area (TPSA) is 77.0 Å². The molecule has 8 heteroatoms. The number of nitrogens with one attached hydrogen (secondary N) is 1. The number of hydrogen-bond donors (Lipinski definition) is 1. The summed E-state index contributed by atoms with van der Waals surface area (Å²) >= 11 is 5.79. The van der Waals surface area contributed by atoms with Crippen LogP contribution in [-0.2, 0) is 10.1 Å². The molecule has 0 aromatic heterocycles. The van der Waals surface area contributed by atoms with Crippen LogP contribution in [-0.4, -0.2) is 21.7 Å². The lowest BCUT2D eigenvalue weighted by Gasteiger charge is -2.11. The van der Waals surface area contributed by atoms with Gasteiger partial charge < -0.3 is 8.92 Å². The molecule has 0 bridgehead atoms. The molecule has 144 valence electrons. The third-order valence-electron chi connectivity index (χ3n) is 3.67. The van der Waals surface area contributed by atoms with Crippen molar-refractivity contribution in [2.24, 2.45) is 5.10 Å². The number of methoxy groups -OCH3 is 1. The summed E-state index contributed by atoms with van der Waals surface area (Å²) in [6, 6.07) is 20.0. The highest BCUT2D eigenvalue weighted by Gasteiger charge is 2.19. The highest BCUT2D eigenvalue weighted by molar-refractivity contribution is 7.87. The van der Waals surface area contributed by atoms with E-state index in [1.165, 1.54) is 37.4 Å². The summed E-state index contributed by atoms with van der Waals surface area (Å²) < 4.78 is 35.4. The number of rotatable bonds is 7. The van der Waals surface area contributed by atoms with Gasteiger partial charge in [-0.15, -0.1) is 0 Å². The van der Waals surface area contributed by atoms with E-state index in [-0.39, 0.29) is 16.4 Å². The minimum absolute atomic E-state index is 0.00310. The third kappa shape index (κ3) is 5.03. The molecule has 0 unspecified atom stereocenters. The van der Waals surface area contributed by atoms with Gasteiger partial charge in [0.2, 0.25) is 0 Å². The van der Waals surface area contributed by atoms with Gasteiger partial charge in [0.05, 0.1) is 19.0 Å². The van der Waals surface area contributed by atoms with Crippen molar-refractivity contribution in [3.63, 3.8) is 0 Å². The minimum Gasteiger partial charge on any atom is -0.493 e. The summed E-state index contributed by atoms with van der Waals surface area (Å²) in [5, 5.41) is 4.58. The first-order valence-electron chi connectivity index (χ1n) is 8.20. The molecular formula is C20H17ClN2O4S. The van der Waals surface area contributed by atoms with Gasteiger partial charge in [0.25, 0.3) is 0 Å². The number of hydrogen-bond acceptors (Lipinski definition) is 6. The van der Waals surface area contributed by atoms with Crippen molar-refractivity contribution in [2.75, 3.05) is 12.5 Å². The second-order valence-corrected chi connectivity index (χ2v) is 7.62. The lowest BCUT2D eigenvalue weighted by molar-refractivity contribution is 0.390. The van der Waals surface area contributed by atoms with Crippen LogP contribution in [0.4, 0.5) is 5.69 Å². The highest BCUT2D eigenvalue weighted by Crippen LogP contribution is 2.30. The fourth-order valence-electron chi connectivity index (χ4n) is 2.29. The van der Waals surface area contributed by atoms with E-state index in [0.717, 1.165) is 5.69 Å². The third-order valence-corrected chi connectivity index (χ3v) is 5.17. The molecule has 3 rings (SSSR count). The molecule has 0 heterocycles. The zero-order valence-electron chi connectivity index (χ0n) is 14.9. The van der Waals surface area contributed by atoms with Gasteiger partial charge in [0, 0.05) is 5.02 Å². The molecule has 0 radical (unpaired) electrons. The fourth-order valence-corrected chi connectivity index (χ4v) is 3.36. The van der Waals surface area contributed by atoms with Gasteiger partial charge in [0.15, 0.2) is 11.5 Å². The minimum atomic E-state index is -4.01. The standard InChI is InChI=1S/C20H17ClN2O4S/c1-26-20-13-15(14-22-23-17-5-3-2-4-6-17)7-12-19(20)27-28(24,25)18-10-8-16(21)9-11-18/h2-14,23H,1H3/b22-14+. The molecular weight excluding hydrogens is 400 g/mol. The van der Waals surface area contributed by atoms with E-state index in [4.69, 9.17) is 20.5 Å². The molecule has 0 amide bonds. The SMILES string of the molecule is COc1cc(/C=N/Nc2ccccc2)ccc1OS(=O)(=O)c1ccc(Cl)cc1. The van der Waals surface area contributed by atoms with Crippen molar-refractivity contribution >= 4 is 33.6 Å². The first kappa shape index (κ1) is 19.7. The van der Waals surface area contributed by atoms with Crippen LogP contribution in [0.2, 0.25) is 5.02 Å². The lowest BCUT2D eigenvalue weighted by Crippen LogP contribution is -2.10.